The number of rotatable bonds is 4. The fraction of sp³-hybridized carbons (Fsp3) is 0.700. The lowest BCUT2D eigenvalue weighted by atomic mass is 10.1. The molecule has 0 aliphatic heterocycles. The van der Waals surface area contributed by atoms with Gasteiger partial charge in [-0.15, -0.1) is 11.6 Å². The largest absolute Gasteiger partial charge is 0.348 e. The van der Waals surface area contributed by atoms with Gasteiger partial charge in [-0.25, -0.2) is 4.98 Å². The Bertz CT molecular complexity index is 325. The smallest absolute Gasteiger partial charge is 0.187 e. The summed E-state index contributed by atoms with van der Waals surface area (Å²) in [5.41, 5.74) is 0. The molecule has 0 aromatic carbocycles. The van der Waals surface area contributed by atoms with E-state index in [0.717, 1.165) is 10.0 Å². The van der Waals surface area contributed by atoms with Crippen molar-refractivity contribution in [3.05, 3.63) is 10.0 Å². The van der Waals surface area contributed by atoms with E-state index in [4.69, 9.17) is 23.2 Å². The van der Waals surface area contributed by atoms with Crippen LogP contribution in [-0.2, 0) is 5.88 Å². The second-order valence-electron chi connectivity index (χ2n) is 3.94. The molecule has 1 aromatic heterocycles. The van der Waals surface area contributed by atoms with Gasteiger partial charge in [-0.3, -0.25) is 0 Å². The molecule has 1 aromatic rings. The maximum absolute atomic E-state index is 5.96. The summed E-state index contributed by atoms with van der Waals surface area (Å²) in [4.78, 5) is 7.40. The molecule has 0 aliphatic rings. The standard InChI is InChI=1S/C10H16Cl2N2S/c1-6(2)7(3)14(4)10-13-9(12)8(5-11)15-10/h6-7H,5H2,1-4H3. The first-order valence-electron chi connectivity index (χ1n) is 4.91. The van der Waals surface area contributed by atoms with Gasteiger partial charge in [0.05, 0.1) is 10.8 Å². The molecule has 0 radical (unpaired) electrons. The van der Waals surface area contributed by atoms with Gasteiger partial charge in [0.2, 0.25) is 0 Å². The molecule has 86 valence electrons. The monoisotopic (exact) mass is 266 g/mol. The molecule has 0 saturated carbocycles. The van der Waals surface area contributed by atoms with Crippen LogP contribution in [0.3, 0.4) is 0 Å². The summed E-state index contributed by atoms with van der Waals surface area (Å²) < 4.78 is 0. The summed E-state index contributed by atoms with van der Waals surface area (Å²) in [6, 6.07) is 0.440. The second kappa shape index (κ2) is 5.37. The molecule has 0 saturated heterocycles. The van der Waals surface area contributed by atoms with E-state index >= 15 is 0 Å². The lowest BCUT2D eigenvalue weighted by molar-refractivity contribution is 0.505. The van der Waals surface area contributed by atoms with Gasteiger partial charge in [0.15, 0.2) is 5.13 Å². The van der Waals surface area contributed by atoms with Crippen LogP contribution in [0.1, 0.15) is 25.6 Å². The van der Waals surface area contributed by atoms with E-state index < -0.39 is 0 Å². The normalized spacial score (nSPS) is 13.3. The number of thiazole rings is 1. The first kappa shape index (κ1) is 13.1. The average molecular weight is 267 g/mol. The first-order valence-corrected chi connectivity index (χ1v) is 6.64. The van der Waals surface area contributed by atoms with Gasteiger partial charge in [0.25, 0.3) is 0 Å². The zero-order chi connectivity index (χ0) is 11.6. The molecule has 2 nitrogen and oxygen atoms in total. The van der Waals surface area contributed by atoms with Crippen molar-refractivity contribution in [1.29, 1.82) is 0 Å². The predicted molar refractivity (Wildman–Crippen MR) is 69.4 cm³/mol. The van der Waals surface area contributed by atoms with Crippen LogP contribution in [0.2, 0.25) is 5.15 Å². The first-order chi connectivity index (χ1) is 6.97. The number of alkyl halides is 1. The van der Waals surface area contributed by atoms with Crippen molar-refractivity contribution >= 4 is 39.7 Å². The molecular weight excluding hydrogens is 251 g/mol. The zero-order valence-corrected chi connectivity index (χ0v) is 11.7. The van der Waals surface area contributed by atoms with Crippen molar-refractivity contribution in [1.82, 2.24) is 4.98 Å². The van der Waals surface area contributed by atoms with Crippen molar-refractivity contribution in [3.63, 3.8) is 0 Å². The molecular formula is C10H16Cl2N2S. The molecule has 0 bridgehead atoms. The average Bonchev–Trinajstić information content (AvgIpc) is 2.57. The molecule has 1 unspecified atom stereocenters. The van der Waals surface area contributed by atoms with Gasteiger partial charge in [-0.2, -0.15) is 0 Å². The molecule has 0 N–H and O–H groups in total. The van der Waals surface area contributed by atoms with Gasteiger partial charge in [0, 0.05) is 13.1 Å². The molecule has 0 fully saturated rings. The Labute approximate surface area is 105 Å². The minimum atomic E-state index is 0.431. The van der Waals surface area contributed by atoms with Crippen LogP contribution >= 0.6 is 34.5 Å². The highest BCUT2D eigenvalue weighted by Gasteiger charge is 2.18. The SMILES string of the molecule is CC(C)C(C)N(C)c1nc(Cl)c(CCl)s1. The highest BCUT2D eigenvalue weighted by molar-refractivity contribution is 7.16. The van der Waals surface area contributed by atoms with Crippen molar-refractivity contribution in [2.75, 3.05) is 11.9 Å². The van der Waals surface area contributed by atoms with Crippen LogP contribution in [0, 0.1) is 5.92 Å². The van der Waals surface area contributed by atoms with E-state index in [2.05, 4.69) is 30.7 Å². The molecule has 0 aliphatic carbocycles. The molecule has 5 heteroatoms. The highest BCUT2D eigenvalue weighted by Crippen LogP contribution is 2.31. The summed E-state index contributed by atoms with van der Waals surface area (Å²) in [5, 5.41) is 1.48. The number of anilines is 1. The van der Waals surface area contributed by atoms with Crippen LogP contribution in [0.4, 0.5) is 5.13 Å². The Morgan fingerprint density at radius 3 is 2.40 bits per heavy atom. The van der Waals surface area contributed by atoms with Gasteiger partial charge < -0.3 is 4.90 Å². The van der Waals surface area contributed by atoms with Crippen LogP contribution in [0.15, 0.2) is 0 Å². The summed E-state index contributed by atoms with van der Waals surface area (Å²) in [7, 11) is 2.04. The molecule has 1 heterocycles. The minimum Gasteiger partial charge on any atom is -0.348 e. The van der Waals surface area contributed by atoms with E-state index in [1.807, 2.05) is 7.05 Å². The van der Waals surface area contributed by atoms with E-state index in [-0.39, 0.29) is 0 Å². The zero-order valence-electron chi connectivity index (χ0n) is 9.42. The van der Waals surface area contributed by atoms with E-state index in [1.165, 1.54) is 0 Å². The Morgan fingerprint density at radius 1 is 1.40 bits per heavy atom. The maximum Gasteiger partial charge on any atom is 0.187 e. The molecule has 15 heavy (non-hydrogen) atoms. The van der Waals surface area contributed by atoms with Crippen molar-refractivity contribution in [3.8, 4) is 0 Å². The fourth-order valence-electron chi connectivity index (χ4n) is 1.18. The third-order valence-corrected chi connectivity index (χ3v) is 4.63. The Morgan fingerprint density at radius 2 is 2.00 bits per heavy atom. The summed E-state index contributed by atoms with van der Waals surface area (Å²) in [6.45, 7) is 6.57. The Balaban J connectivity index is 2.86. The van der Waals surface area contributed by atoms with Gasteiger partial charge in [-0.1, -0.05) is 36.8 Å². The van der Waals surface area contributed by atoms with Crippen molar-refractivity contribution < 1.29 is 0 Å². The fourth-order valence-corrected chi connectivity index (χ4v) is 2.70. The maximum atomic E-state index is 5.96. The van der Waals surface area contributed by atoms with Gasteiger partial charge in [0.1, 0.15) is 5.15 Å². The topological polar surface area (TPSA) is 16.1 Å². The van der Waals surface area contributed by atoms with Gasteiger partial charge in [-0.05, 0) is 12.8 Å². The van der Waals surface area contributed by atoms with Gasteiger partial charge >= 0.3 is 0 Å². The van der Waals surface area contributed by atoms with E-state index in [0.29, 0.717) is 23.0 Å². The third kappa shape index (κ3) is 2.99. The number of hydrogen-bond donors (Lipinski definition) is 0. The highest BCUT2D eigenvalue weighted by atomic mass is 35.5. The molecule has 0 amide bonds. The van der Waals surface area contributed by atoms with Crippen molar-refractivity contribution in [2.24, 2.45) is 5.92 Å². The Hall–Kier alpha value is 0.01000. The second-order valence-corrected chi connectivity index (χ2v) is 5.63. The van der Waals surface area contributed by atoms with Crippen molar-refractivity contribution in [2.45, 2.75) is 32.7 Å². The third-order valence-electron chi connectivity index (χ3n) is 2.64. The predicted octanol–water partition coefficient (Wildman–Crippen LogP) is 4.02. The van der Waals surface area contributed by atoms with E-state index in [1.54, 1.807) is 11.3 Å². The van der Waals surface area contributed by atoms with Crippen LogP contribution < -0.4 is 4.90 Å². The molecule has 0 spiro atoms. The number of halogens is 2. The van der Waals surface area contributed by atoms with Crippen LogP contribution in [0.25, 0.3) is 0 Å². The summed E-state index contributed by atoms with van der Waals surface area (Å²) in [5.74, 6) is 1.01. The van der Waals surface area contributed by atoms with Crippen LogP contribution in [-0.4, -0.2) is 18.1 Å². The quantitative estimate of drug-likeness (QED) is 0.766. The molecule has 1 atom stereocenters. The number of aromatic nitrogens is 1. The number of hydrogen-bond acceptors (Lipinski definition) is 3. The minimum absolute atomic E-state index is 0.431. The number of nitrogens with zero attached hydrogens (tertiary/aromatic N) is 2. The molecule has 1 rings (SSSR count). The summed E-state index contributed by atoms with van der Waals surface area (Å²) in [6.07, 6.45) is 0. The lowest BCUT2D eigenvalue weighted by Crippen LogP contribution is -2.32. The van der Waals surface area contributed by atoms with E-state index in [9.17, 15) is 0 Å². The Kier molecular flexibility index (Phi) is 4.68. The van der Waals surface area contributed by atoms with Crippen LogP contribution in [0.5, 0.6) is 0 Å². The lowest BCUT2D eigenvalue weighted by Gasteiger charge is -2.27. The summed E-state index contributed by atoms with van der Waals surface area (Å²) >= 11 is 13.3.